The molecule has 1 heterocycles. The molecule has 0 fully saturated rings. The highest BCUT2D eigenvalue weighted by molar-refractivity contribution is 5.92. The normalized spacial score (nSPS) is 10.6. The summed E-state index contributed by atoms with van der Waals surface area (Å²) in [7, 11) is 0. The van der Waals surface area contributed by atoms with E-state index in [1.165, 1.54) is 12.1 Å². The van der Waals surface area contributed by atoms with Gasteiger partial charge in [-0.25, -0.2) is 9.37 Å². The fraction of sp³-hybridized carbons (Fsp3) is 0.167. The molecule has 0 aliphatic heterocycles. The molecule has 1 amide bonds. The van der Waals surface area contributed by atoms with Crippen molar-refractivity contribution in [3.8, 4) is 5.75 Å². The van der Waals surface area contributed by atoms with Gasteiger partial charge in [0, 0.05) is 6.54 Å². The van der Waals surface area contributed by atoms with Crippen molar-refractivity contribution >= 4 is 16.8 Å². The number of hydrogen-bond donors (Lipinski definition) is 2. The Morgan fingerprint density at radius 2 is 2.12 bits per heavy atom. The van der Waals surface area contributed by atoms with Crippen molar-refractivity contribution in [3.05, 3.63) is 70.0 Å². The van der Waals surface area contributed by atoms with E-state index in [4.69, 9.17) is 4.74 Å². The Morgan fingerprint density at radius 1 is 1.28 bits per heavy atom. The molecule has 0 spiro atoms. The number of nitrogens with zero attached hydrogens (tertiary/aromatic N) is 1. The van der Waals surface area contributed by atoms with Crippen LogP contribution in [0.15, 0.2) is 47.3 Å². The van der Waals surface area contributed by atoms with Gasteiger partial charge in [0.25, 0.3) is 11.5 Å². The number of aromatic nitrogens is 2. The maximum Gasteiger partial charge on any atom is 0.287 e. The third-order valence-corrected chi connectivity index (χ3v) is 3.55. The molecule has 0 aliphatic rings. The van der Waals surface area contributed by atoms with Crippen LogP contribution >= 0.6 is 0 Å². The Balaban J connectivity index is 1.77. The second-order valence-electron chi connectivity index (χ2n) is 5.34. The summed E-state index contributed by atoms with van der Waals surface area (Å²) < 4.78 is 18.6. The third-order valence-electron chi connectivity index (χ3n) is 3.55. The molecule has 2 N–H and O–H groups in total. The average molecular weight is 341 g/mol. The van der Waals surface area contributed by atoms with Crippen molar-refractivity contribution in [1.29, 1.82) is 0 Å². The molecule has 7 heteroatoms. The first kappa shape index (κ1) is 16.6. The van der Waals surface area contributed by atoms with Crippen LogP contribution in [0.2, 0.25) is 0 Å². The summed E-state index contributed by atoms with van der Waals surface area (Å²) in [5, 5.41) is 2.78. The van der Waals surface area contributed by atoms with Crippen molar-refractivity contribution < 1.29 is 13.9 Å². The lowest BCUT2D eigenvalue weighted by molar-refractivity contribution is 0.0940. The quantitative estimate of drug-likeness (QED) is 0.746. The second kappa shape index (κ2) is 7.12. The van der Waals surface area contributed by atoms with E-state index in [1.807, 2.05) is 31.2 Å². The molecule has 0 aliphatic carbocycles. The molecule has 128 valence electrons. The van der Waals surface area contributed by atoms with Gasteiger partial charge >= 0.3 is 0 Å². The molecule has 0 saturated carbocycles. The summed E-state index contributed by atoms with van der Waals surface area (Å²) in [5.41, 5.74) is 0.547. The number of aromatic amines is 1. The van der Waals surface area contributed by atoms with Crippen LogP contribution in [0.4, 0.5) is 4.39 Å². The predicted molar refractivity (Wildman–Crippen MR) is 91.1 cm³/mol. The lowest BCUT2D eigenvalue weighted by atomic mass is 10.2. The Labute approximate surface area is 142 Å². The molecule has 0 unspecified atom stereocenters. The molecule has 6 nitrogen and oxygen atoms in total. The van der Waals surface area contributed by atoms with E-state index < -0.39 is 17.3 Å². The number of H-pyrrole nitrogens is 1. The van der Waals surface area contributed by atoms with E-state index >= 15 is 0 Å². The highest BCUT2D eigenvalue weighted by Gasteiger charge is 2.12. The van der Waals surface area contributed by atoms with E-state index in [0.29, 0.717) is 12.4 Å². The van der Waals surface area contributed by atoms with Gasteiger partial charge in [-0.2, -0.15) is 0 Å². The van der Waals surface area contributed by atoms with Crippen LogP contribution in [0.3, 0.4) is 0 Å². The van der Waals surface area contributed by atoms with Crippen molar-refractivity contribution in [2.75, 3.05) is 6.61 Å². The Morgan fingerprint density at radius 3 is 2.92 bits per heavy atom. The molecule has 25 heavy (non-hydrogen) atoms. The lowest BCUT2D eigenvalue weighted by Gasteiger charge is -2.08. The summed E-state index contributed by atoms with van der Waals surface area (Å²) in [6.45, 7) is 2.70. The van der Waals surface area contributed by atoms with E-state index in [-0.39, 0.29) is 23.3 Å². The standard InChI is InChI=1S/C18H16FN3O3/c1-2-25-13-5-3-4-11(8-13)10-20-18(24)16-21-15-7-6-12(19)9-14(15)17(23)22-16/h3-9H,2,10H2,1H3,(H,20,24)(H,21,22,23). The van der Waals surface area contributed by atoms with Crippen LogP contribution in [0.25, 0.3) is 10.9 Å². The smallest absolute Gasteiger partial charge is 0.287 e. The SMILES string of the molecule is CCOc1cccc(CNC(=O)c2nc3ccc(F)cc3c(=O)[nH]2)c1. The van der Waals surface area contributed by atoms with E-state index in [1.54, 1.807) is 0 Å². The van der Waals surface area contributed by atoms with Crippen molar-refractivity contribution in [2.24, 2.45) is 0 Å². The summed E-state index contributed by atoms with van der Waals surface area (Å²) in [4.78, 5) is 30.7. The zero-order valence-electron chi connectivity index (χ0n) is 13.5. The van der Waals surface area contributed by atoms with Gasteiger partial charge < -0.3 is 15.0 Å². The van der Waals surface area contributed by atoms with Crippen LogP contribution in [-0.2, 0) is 6.54 Å². The molecular weight excluding hydrogens is 325 g/mol. The third kappa shape index (κ3) is 3.82. The topological polar surface area (TPSA) is 84.1 Å². The second-order valence-corrected chi connectivity index (χ2v) is 5.34. The van der Waals surface area contributed by atoms with E-state index in [0.717, 1.165) is 11.6 Å². The monoisotopic (exact) mass is 341 g/mol. The summed E-state index contributed by atoms with van der Waals surface area (Å²) in [6, 6.07) is 11.0. The maximum absolute atomic E-state index is 13.2. The minimum absolute atomic E-state index is 0.0981. The number of benzene rings is 2. The largest absolute Gasteiger partial charge is 0.494 e. The number of ether oxygens (including phenoxy) is 1. The molecule has 3 aromatic rings. The zero-order chi connectivity index (χ0) is 17.8. The van der Waals surface area contributed by atoms with Gasteiger partial charge in [-0.3, -0.25) is 9.59 Å². The van der Waals surface area contributed by atoms with Gasteiger partial charge in [-0.15, -0.1) is 0 Å². The predicted octanol–water partition coefficient (Wildman–Crippen LogP) is 2.39. The minimum atomic E-state index is -0.562. The number of nitrogens with one attached hydrogen (secondary N) is 2. The van der Waals surface area contributed by atoms with E-state index in [9.17, 15) is 14.0 Å². The van der Waals surface area contributed by atoms with Gasteiger partial charge in [0.15, 0.2) is 5.82 Å². The van der Waals surface area contributed by atoms with Crippen LogP contribution < -0.4 is 15.6 Å². The van der Waals surface area contributed by atoms with Crippen LogP contribution in [0.1, 0.15) is 23.1 Å². The fourth-order valence-corrected chi connectivity index (χ4v) is 2.40. The van der Waals surface area contributed by atoms with Gasteiger partial charge in [0.1, 0.15) is 11.6 Å². The molecule has 1 aromatic heterocycles. The number of halogens is 1. The number of hydrogen-bond acceptors (Lipinski definition) is 4. The van der Waals surface area contributed by atoms with Crippen molar-refractivity contribution in [1.82, 2.24) is 15.3 Å². The number of fused-ring (bicyclic) bond motifs is 1. The van der Waals surface area contributed by atoms with Crippen LogP contribution in [0.5, 0.6) is 5.75 Å². The number of amides is 1. The van der Waals surface area contributed by atoms with Gasteiger partial charge in [0.2, 0.25) is 0 Å². The van der Waals surface area contributed by atoms with Gasteiger partial charge in [0.05, 0.1) is 17.5 Å². The molecule has 0 bridgehead atoms. The highest BCUT2D eigenvalue weighted by atomic mass is 19.1. The summed E-state index contributed by atoms with van der Waals surface area (Å²) >= 11 is 0. The number of rotatable bonds is 5. The van der Waals surface area contributed by atoms with Crippen molar-refractivity contribution in [3.63, 3.8) is 0 Å². The van der Waals surface area contributed by atoms with Gasteiger partial charge in [-0.05, 0) is 42.8 Å². The first-order valence-corrected chi connectivity index (χ1v) is 7.76. The van der Waals surface area contributed by atoms with Crippen LogP contribution in [0, 0.1) is 5.82 Å². The fourth-order valence-electron chi connectivity index (χ4n) is 2.40. The molecule has 0 saturated heterocycles. The summed E-state index contributed by atoms with van der Waals surface area (Å²) in [6.07, 6.45) is 0. The van der Waals surface area contributed by atoms with Crippen molar-refractivity contribution in [2.45, 2.75) is 13.5 Å². The summed E-state index contributed by atoms with van der Waals surface area (Å²) in [5.74, 6) is -0.463. The average Bonchev–Trinajstić information content (AvgIpc) is 2.61. The first-order chi connectivity index (χ1) is 12.1. The zero-order valence-corrected chi connectivity index (χ0v) is 13.5. The lowest BCUT2D eigenvalue weighted by Crippen LogP contribution is -2.27. The highest BCUT2D eigenvalue weighted by Crippen LogP contribution is 2.13. The Hall–Kier alpha value is -3.22. The van der Waals surface area contributed by atoms with Gasteiger partial charge in [-0.1, -0.05) is 12.1 Å². The Bertz CT molecular complexity index is 985. The molecule has 3 rings (SSSR count). The minimum Gasteiger partial charge on any atom is -0.494 e. The Kier molecular flexibility index (Phi) is 4.74. The van der Waals surface area contributed by atoms with E-state index in [2.05, 4.69) is 15.3 Å². The molecular formula is C18H16FN3O3. The molecule has 0 radical (unpaired) electrons. The first-order valence-electron chi connectivity index (χ1n) is 7.76. The molecule has 2 aromatic carbocycles. The van der Waals surface area contributed by atoms with Crippen LogP contribution in [-0.4, -0.2) is 22.5 Å². The number of carbonyl (C=O) groups excluding carboxylic acids is 1. The molecule has 0 atom stereocenters. The number of carbonyl (C=O) groups is 1. The maximum atomic E-state index is 13.2.